The predicted octanol–water partition coefficient (Wildman–Crippen LogP) is 2.04. The molecule has 1 aliphatic heterocycles. The number of carbonyl (C=O) groups excluding carboxylic acids is 2. The molecule has 1 fully saturated rings. The summed E-state index contributed by atoms with van der Waals surface area (Å²) in [5.41, 5.74) is -0.385. The minimum Gasteiger partial charge on any atom is -0.331 e. The molecular formula is C13H24N2O2. The number of ketones is 1. The molecule has 4 heteroatoms. The quantitative estimate of drug-likeness (QED) is 0.803. The molecule has 0 aromatic rings. The molecule has 4 nitrogen and oxygen atoms in total. The number of hydrogen-bond acceptors (Lipinski definition) is 2. The number of carbonyl (C=O) groups is 2. The predicted molar refractivity (Wildman–Crippen MR) is 67.8 cm³/mol. The maximum absolute atomic E-state index is 11.8. The van der Waals surface area contributed by atoms with Crippen molar-refractivity contribution in [3.8, 4) is 0 Å². The highest BCUT2D eigenvalue weighted by molar-refractivity contribution is 5.88. The Morgan fingerprint density at radius 2 is 1.76 bits per heavy atom. The Bertz CT molecular complexity index is 286. The van der Waals surface area contributed by atoms with Crippen LogP contribution >= 0.6 is 0 Å². The van der Waals surface area contributed by atoms with E-state index < -0.39 is 0 Å². The van der Waals surface area contributed by atoms with E-state index in [4.69, 9.17) is 0 Å². The summed E-state index contributed by atoms with van der Waals surface area (Å²) < 4.78 is 0. The number of nitrogens with one attached hydrogen (secondary N) is 1. The number of nitrogens with zero attached hydrogens (tertiary/aromatic N) is 1. The second kappa shape index (κ2) is 5.52. The number of piperidine rings is 1. The Hall–Kier alpha value is -1.06. The Morgan fingerprint density at radius 1 is 1.24 bits per heavy atom. The minimum absolute atomic E-state index is 0.0660. The van der Waals surface area contributed by atoms with Gasteiger partial charge in [-0.2, -0.15) is 0 Å². The Kier molecular flexibility index (Phi) is 4.54. The number of amides is 2. The van der Waals surface area contributed by atoms with Crippen LogP contribution in [0.25, 0.3) is 0 Å². The Labute approximate surface area is 104 Å². The van der Waals surface area contributed by atoms with Gasteiger partial charge in [-0.05, 0) is 18.8 Å². The number of urea groups is 1. The van der Waals surface area contributed by atoms with Crippen molar-refractivity contribution >= 4 is 11.8 Å². The second-order valence-electron chi connectivity index (χ2n) is 6.00. The van der Waals surface area contributed by atoms with E-state index in [1.165, 1.54) is 0 Å². The van der Waals surface area contributed by atoms with Crippen molar-refractivity contribution in [2.24, 2.45) is 11.3 Å². The summed E-state index contributed by atoms with van der Waals surface area (Å²) in [4.78, 5) is 25.3. The third-order valence-electron chi connectivity index (χ3n) is 3.31. The average Bonchev–Trinajstić information content (AvgIpc) is 2.25. The van der Waals surface area contributed by atoms with Gasteiger partial charge in [0.05, 0.1) is 6.54 Å². The maximum Gasteiger partial charge on any atom is 0.317 e. The first-order valence-electron chi connectivity index (χ1n) is 6.37. The summed E-state index contributed by atoms with van der Waals surface area (Å²) in [5, 5.41) is 2.71. The molecule has 0 saturated carbocycles. The van der Waals surface area contributed by atoms with E-state index in [0.717, 1.165) is 25.9 Å². The SMILES string of the molecule is CC1CCN(C(=O)NCC(=O)C(C)(C)C)CC1. The topological polar surface area (TPSA) is 49.4 Å². The van der Waals surface area contributed by atoms with Gasteiger partial charge in [0.25, 0.3) is 0 Å². The van der Waals surface area contributed by atoms with Gasteiger partial charge in [0, 0.05) is 18.5 Å². The van der Waals surface area contributed by atoms with E-state index in [1.54, 1.807) is 4.90 Å². The lowest BCUT2D eigenvalue weighted by Gasteiger charge is -2.30. The van der Waals surface area contributed by atoms with Gasteiger partial charge in [0.2, 0.25) is 0 Å². The fourth-order valence-corrected chi connectivity index (χ4v) is 1.74. The number of Topliss-reactive ketones (excluding diaryl/α,β-unsaturated/α-hetero) is 1. The smallest absolute Gasteiger partial charge is 0.317 e. The van der Waals surface area contributed by atoms with Crippen LogP contribution in [0.2, 0.25) is 0 Å². The van der Waals surface area contributed by atoms with Crippen molar-refractivity contribution in [3.63, 3.8) is 0 Å². The van der Waals surface area contributed by atoms with Gasteiger partial charge in [-0.1, -0.05) is 27.7 Å². The van der Waals surface area contributed by atoms with E-state index in [0.29, 0.717) is 5.92 Å². The molecule has 1 rings (SSSR count). The molecule has 98 valence electrons. The van der Waals surface area contributed by atoms with Crippen molar-refractivity contribution in [2.45, 2.75) is 40.5 Å². The highest BCUT2D eigenvalue weighted by atomic mass is 16.2. The zero-order chi connectivity index (χ0) is 13.1. The molecule has 2 amide bonds. The molecule has 0 aromatic heterocycles. The van der Waals surface area contributed by atoms with Gasteiger partial charge < -0.3 is 10.2 Å². The normalized spacial score (nSPS) is 18.0. The lowest BCUT2D eigenvalue weighted by atomic mass is 9.91. The van der Waals surface area contributed by atoms with Crippen LogP contribution in [0.1, 0.15) is 40.5 Å². The van der Waals surface area contributed by atoms with Crippen molar-refractivity contribution < 1.29 is 9.59 Å². The monoisotopic (exact) mass is 240 g/mol. The van der Waals surface area contributed by atoms with Crippen molar-refractivity contribution in [3.05, 3.63) is 0 Å². The fraction of sp³-hybridized carbons (Fsp3) is 0.846. The molecule has 0 bridgehead atoms. The molecule has 0 radical (unpaired) electrons. The van der Waals surface area contributed by atoms with Gasteiger partial charge in [-0.3, -0.25) is 4.79 Å². The van der Waals surface area contributed by atoms with Gasteiger partial charge in [-0.15, -0.1) is 0 Å². The molecular weight excluding hydrogens is 216 g/mol. The van der Waals surface area contributed by atoms with E-state index in [2.05, 4.69) is 12.2 Å². The summed E-state index contributed by atoms with van der Waals surface area (Å²) >= 11 is 0. The number of rotatable bonds is 2. The van der Waals surface area contributed by atoms with Crippen LogP contribution < -0.4 is 5.32 Å². The third-order valence-corrected chi connectivity index (χ3v) is 3.31. The molecule has 0 unspecified atom stereocenters. The standard InChI is InChI=1S/C13H24N2O2/c1-10-5-7-15(8-6-10)12(17)14-9-11(16)13(2,3)4/h10H,5-9H2,1-4H3,(H,14,17). The molecule has 1 heterocycles. The second-order valence-corrected chi connectivity index (χ2v) is 6.00. The lowest BCUT2D eigenvalue weighted by molar-refractivity contribution is -0.125. The molecule has 1 aliphatic rings. The summed E-state index contributed by atoms with van der Waals surface area (Å²) in [7, 11) is 0. The average molecular weight is 240 g/mol. The van der Waals surface area contributed by atoms with Crippen LogP contribution in [-0.2, 0) is 4.79 Å². The van der Waals surface area contributed by atoms with Crippen LogP contribution in [0.3, 0.4) is 0 Å². The maximum atomic E-state index is 11.8. The molecule has 1 N–H and O–H groups in total. The minimum atomic E-state index is -0.385. The van der Waals surface area contributed by atoms with Gasteiger partial charge in [-0.25, -0.2) is 4.79 Å². The van der Waals surface area contributed by atoms with Gasteiger partial charge in [0.15, 0.2) is 5.78 Å². The van der Waals surface area contributed by atoms with Crippen molar-refractivity contribution in [2.75, 3.05) is 19.6 Å². The molecule has 17 heavy (non-hydrogen) atoms. The van der Waals surface area contributed by atoms with Gasteiger partial charge >= 0.3 is 6.03 Å². The van der Waals surface area contributed by atoms with E-state index in [9.17, 15) is 9.59 Å². The van der Waals surface area contributed by atoms with E-state index >= 15 is 0 Å². The third kappa shape index (κ3) is 4.36. The zero-order valence-electron chi connectivity index (χ0n) is 11.4. The van der Waals surface area contributed by atoms with Crippen LogP contribution in [0, 0.1) is 11.3 Å². The zero-order valence-corrected chi connectivity index (χ0v) is 11.4. The van der Waals surface area contributed by atoms with Crippen LogP contribution in [0.15, 0.2) is 0 Å². The molecule has 0 aromatic carbocycles. The van der Waals surface area contributed by atoms with Crippen LogP contribution in [0.4, 0.5) is 4.79 Å². The summed E-state index contributed by atoms with van der Waals surface area (Å²) in [5.74, 6) is 0.770. The van der Waals surface area contributed by atoms with E-state index in [1.807, 2.05) is 20.8 Å². The van der Waals surface area contributed by atoms with Crippen LogP contribution in [0.5, 0.6) is 0 Å². The summed E-state index contributed by atoms with van der Waals surface area (Å²) in [6, 6.07) is -0.102. The summed E-state index contributed by atoms with van der Waals surface area (Å²) in [6.07, 6.45) is 2.11. The first kappa shape index (κ1) is 14.0. The first-order valence-corrected chi connectivity index (χ1v) is 6.37. The number of hydrogen-bond donors (Lipinski definition) is 1. The number of likely N-dealkylation sites (tertiary alicyclic amines) is 1. The molecule has 0 atom stereocenters. The molecule has 0 spiro atoms. The summed E-state index contributed by atoms with van der Waals surface area (Å²) in [6.45, 7) is 9.54. The van der Waals surface area contributed by atoms with E-state index in [-0.39, 0.29) is 23.8 Å². The van der Waals surface area contributed by atoms with Crippen molar-refractivity contribution in [1.82, 2.24) is 10.2 Å². The first-order chi connectivity index (χ1) is 7.80. The largest absolute Gasteiger partial charge is 0.331 e. The highest BCUT2D eigenvalue weighted by Crippen LogP contribution is 2.16. The van der Waals surface area contributed by atoms with Gasteiger partial charge in [0.1, 0.15) is 0 Å². The lowest BCUT2D eigenvalue weighted by Crippen LogP contribution is -2.46. The molecule has 1 saturated heterocycles. The Balaban J connectivity index is 2.33. The van der Waals surface area contributed by atoms with Crippen LogP contribution in [-0.4, -0.2) is 36.3 Å². The van der Waals surface area contributed by atoms with Crippen molar-refractivity contribution in [1.29, 1.82) is 0 Å². The fourth-order valence-electron chi connectivity index (χ4n) is 1.74. The highest BCUT2D eigenvalue weighted by Gasteiger charge is 2.24. The Morgan fingerprint density at radius 3 is 2.24 bits per heavy atom. The molecule has 0 aliphatic carbocycles.